The van der Waals surface area contributed by atoms with Crippen molar-refractivity contribution in [2.75, 3.05) is 0 Å². The molecule has 0 radical (unpaired) electrons. The van der Waals surface area contributed by atoms with Crippen LogP contribution in [-0.4, -0.2) is 29.9 Å². The maximum Gasteiger partial charge on any atom is 0.111 e. The Morgan fingerprint density at radius 1 is 0.477 bits per heavy atom. The van der Waals surface area contributed by atoms with Crippen molar-refractivity contribution in [3.05, 3.63) is 146 Å². The van der Waals surface area contributed by atoms with Crippen LogP contribution >= 0.6 is 21.6 Å². The van der Waals surface area contributed by atoms with Crippen LogP contribution in [0, 0.1) is 0 Å². The van der Waals surface area contributed by atoms with Crippen LogP contribution < -0.4 is 0 Å². The summed E-state index contributed by atoms with van der Waals surface area (Å²) in [5.41, 5.74) is 9.35. The lowest BCUT2D eigenvalue weighted by Gasteiger charge is -2.18. The van der Waals surface area contributed by atoms with Gasteiger partial charge in [-0.05, 0) is 94.1 Å². The highest BCUT2D eigenvalue weighted by molar-refractivity contribution is 8.76. The summed E-state index contributed by atoms with van der Waals surface area (Å²) in [6, 6.07) is 23.7. The van der Waals surface area contributed by atoms with Crippen LogP contribution in [-0.2, 0) is 12.8 Å². The van der Waals surface area contributed by atoms with Crippen LogP contribution in [0.2, 0.25) is 0 Å². The molecule has 0 spiro atoms. The molecular formula is C36H28N6S2. The molecule has 44 heavy (non-hydrogen) atoms. The number of pyridine rings is 6. The molecule has 214 valence electrons. The number of aromatic nitrogens is 6. The SMILES string of the molecule is C=CCc1c(SSc2ncc(-c3ccccn3)c(-c3ccccn3)c2CC=C)ncc(-c2ccccn2)c1-c1ccccn1. The minimum Gasteiger partial charge on any atom is -0.256 e. The maximum absolute atomic E-state index is 4.95. The average Bonchev–Trinajstić information content (AvgIpc) is 3.09. The zero-order valence-corrected chi connectivity index (χ0v) is 25.5. The molecule has 0 aromatic carbocycles. The van der Waals surface area contributed by atoms with E-state index in [0.29, 0.717) is 12.8 Å². The zero-order chi connectivity index (χ0) is 30.1. The fourth-order valence-corrected chi connectivity index (χ4v) is 7.26. The van der Waals surface area contributed by atoms with Crippen molar-refractivity contribution in [3.8, 4) is 45.0 Å². The van der Waals surface area contributed by atoms with Gasteiger partial charge in [0.15, 0.2) is 0 Å². The van der Waals surface area contributed by atoms with E-state index in [1.165, 1.54) is 0 Å². The molecule has 6 heterocycles. The molecule has 0 saturated heterocycles. The Morgan fingerprint density at radius 3 is 1.16 bits per heavy atom. The summed E-state index contributed by atoms with van der Waals surface area (Å²) in [6.45, 7) is 8.12. The van der Waals surface area contributed by atoms with Crippen LogP contribution in [0.15, 0.2) is 145 Å². The predicted molar refractivity (Wildman–Crippen MR) is 181 cm³/mol. The van der Waals surface area contributed by atoms with E-state index in [-0.39, 0.29) is 0 Å². The Hall–Kier alpha value is -4.92. The van der Waals surface area contributed by atoms with E-state index in [9.17, 15) is 0 Å². The first-order valence-electron chi connectivity index (χ1n) is 14.0. The zero-order valence-electron chi connectivity index (χ0n) is 23.9. The summed E-state index contributed by atoms with van der Waals surface area (Å²) in [6.07, 6.45) is 16.0. The average molecular weight is 609 g/mol. The summed E-state index contributed by atoms with van der Waals surface area (Å²) >= 11 is 0. The van der Waals surface area contributed by atoms with Gasteiger partial charge < -0.3 is 0 Å². The van der Waals surface area contributed by atoms with Crippen molar-refractivity contribution < 1.29 is 0 Å². The molecule has 0 aliphatic rings. The molecular weight excluding hydrogens is 581 g/mol. The largest absolute Gasteiger partial charge is 0.256 e. The van der Waals surface area contributed by atoms with Crippen molar-refractivity contribution in [2.45, 2.75) is 22.9 Å². The molecule has 6 aromatic rings. The maximum atomic E-state index is 4.95. The number of hydrogen-bond acceptors (Lipinski definition) is 8. The summed E-state index contributed by atoms with van der Waals surface area (Å²) in [4.78, 5) is 28.6. The number of rotatable bonds is 11. The van der Waals surface area contributed by atoms with Crippen LogP contribution in [0.1, 0.15) is 11.1 Å². The Labute approximate surface area is 264 Å². The summed E-state index contributed by atoms with van der Waals surface area (Å²) in [5, 5.41) is 1.74. The first kappa shape index (κ1) is 29.2. The first-order valence-corrected chi connectivity index (χ1v) is 16.2. The van der Waals surface area contributed by atoms with Gasteiger partial charge in [0.05, 0.1) is 22.8 Å². The molecule has 6 nitrogen and oxygen atoms in total. The first-order chi connectivity index (χ1) is 21.8. The van der Waals surface area contributed by atoms with Gasteiger partial charge in [-0.2, -0.15) is 0 Å². The molecule has 0 bridgehead atoms. The Bertz CT molecular complexity index is 1740. The molecule has 6 rings (SSSR count). The van der Waals surface area contributed by atoms with Crippen molar-refractivity contribution in [1.29, 1.82) is 0 Å². The van der Waals surface area contributed by atoms with E-state index in [0.717, 1.165) is 66.2 Å². The van der Waals surface area contributed by atoms with Gasteiger partial charge in [-0.3, -0.25) is 19.9 Å². The lowest BCUT2D eigenvalue weighted by molar-refractivity contribution is 1.04. The molecule has 0 aliphatic heterocycles. The van der Waals surface area contributed by atoms with E-state index in [4.69, 9.17) is 19.9 Å². The highest BCUT2D eigenvalue weighted by atomic mass is 33.1. The number of nitrogens with zero attached hydrogens (tertiary/aromatic N) is 6. The van der Waals surface area contributed by atoms with Gasteiger partial charge in [0, 0.05) is 59.4 Å². The van der Waals surface area contributed by atoms with Gasteiger partial charge in [-0.15, -0.1) is 13.2 Å². The monoisotopic (exact) mass is 608 g/mol. The number of hydrogen-bond donors (Lipinski definition) is 0. The van der Waals surface area contributed by atoms with E-state index in [2.05, 4.69) is 23.1 Å². The highest BCUT2D eigenvalue weighted by Gasteiger charge is 2.22. The fourth-order valence-electron chi connectivity index (χ4n) is 5.00. The minimum atomic E-state index is 0.618. The van der Waals surface area contributed by atoms with Crippen molar-refractivity contribution in [3.63, 3.8) is 0 Å². The molecule has 8 heteroatoms. The Kier molecular flexibility index (Phi) is 9.30. The molecule has 0 amide bonds. The minimum absolute atomic E-state index is 0.618. The van der Waals surface area contributed by atoms with E-state index < -0.39 is 0 Å². The Morgan fingerprint density at radius 2 is 0.841 bits per heavy atom. The van der Waals surface area contributed by atoms with Crippen LogP contribution in [0.25, 0.3) is 45.0 Å². The molecule has 0 fully saturated rings. The molecule has 0 saturated carbocycles. The van der Waals surface area contributed by atoms with Gasteiger partial charge in [0.1, 0.15) is 10.1 Å². The molecule has 0 atom stereocenters. The lowest BCUT2D eigenvalue weighted by Crippen LogP contribution is -2.01. The van der Waals surface area contributed by atoms with Crippen molar-refractivity contribution in [2.24, 2.45) is 0 Å². The highest BCUT2D eigenvalue weighted by Crippen LogP contribution is 2.46. The van der Waals surface area contributed by atoms with Crippen molar-refractivity contribution in [1.82, 2.24) is 29.9 Å². The normalized spacial score (nSPS) is 10.8. The third-order valence-electron chi connectivity index (χ3n) is 6.90. The molecule has 0 aliphatic carbocycles. The van der Waals surface area contributed by atoms with Gasteiger partial charge in [0.2, 0.25) is 0 Å². The molecule has 0 N–H and O–H groups in total. The third-order valence-corrected chi connectivity index (χ3v) is 9.20. The smallest absolute Gasteiger partial charge is 0.111 e. The fraction of sp³-hybridized carbons (Fsp3) is 0.0556. The Balaban J connectivity index is 1.47. The second-order valence-corrected chi connectivity index (χ2v) is 11.8. The standard InChI is InChI=1S/C36H28N6S2/c1-3-13-25-33(31-17-7-11-21-39-31)27(29-15-5-9-19-37-29)23-41-35(25)43-44-36-26(14-4-2)34(32-18-8-12-22-40-32)28(24-42-36)30-16-6-10-20-38-30/h3-12,15-24H,1-2,13-14H2. The van der Waals surface area contributed by atoms with Gasteiger partial charge in [-0.1, -0.05) is 36.4 Å². The van der Waals surface area contributed by atoms with Gasteiger partial charge >= 0.3 is 0 Å². The van der Waals surface area contributed by atoms with Crippen LogP contribution in [0.4, 0.5) is 0 Å². The number of allylic oxidation sites excluding steroid dienone is 2. The second kappa shape index (κ2) is 14.0. The summed E-state index contributed by atoms with van der Waals surface area (Å²) in [7, 11) is 3.15. The van der Waals surface area contributed by atoms with Crippen LogP contribution in [0.5, 0.6) is 0 Å². The van der Waals surface area contributed by atoms with Gasteiger partial charge in [0.25, 0.3) is 0 Å². The lowest BCUT2D eigenvalue weighted by atomic mass is 9.96. The van der Waals surface area contributed by atoms with E-state index >= 15 is 0 Å². The summed E-state index contributed by atoms with van der Waals surface area (Å²) < 4.78 is 0. The third kappa shape index (κ3) is 6.22. The second-order valence-electron chi connectivity index (χ2n) is 9.67. The van der Waals surface area contributed by atoms with Crippen molar-refractivity contribution >= 4 is 21.6 Å². The molecule has 6 aromatic heterocycles. The van der Waals surface area contributed by atoms with E-state index in [1.54, 1.807) is 34.0 Å². The van der Waals surface area contributed by atoms with Crippen LogP contribution in [0.3, 0.4) is 0 Å². The summed E-state index contributed by atoms with van der Waals surface area (Å²) in [5.74, 6) is 0. The van der Waals surface area contributed by atoms with E-state index in [1.807, 2.05) is 110 Å². The molecule has 0 unspecified atom stereocenters. The van der Waals surface area contributed by atoms with Gasteiger partial charge in [-0.25, -0.2) is 9.97 Å². The quantitative estimate of drug-likeness (QED) is 0.107. The predicted octanol–water partition coefficient (Wildman–Crippen LogP) is 8.98. The topological polar surface area (TPSA) is 77.3 Å².